The number of rotatable bonds is 18. The number of nitrogens with two attached hydrogens (primary N) is 1. The lowest BCUT2D eigenvalue weighted by Crippen LogP contribution is -2.12. The molecule has 29 heavy (non-hydrogen) atoms. The lowest BCUT2D eigenvalue weighted by Gasteiger charge is -2.21. The Labute approximate surface area is 182 Å². The van der Waals surface area contributed by atoms with E-state index in [2.05, 4.69) is 25.2 Å². The van der Waals surface area contributed by atoms with Crippen LogP contribution in [0.1, 0.15) is 84.5 Å². The lowest BCUT2D eigenvalue weighted by molar-refractivity contribution is -0.135. The number of allylic oxidation sites excluding steroid dienone is 1. The zero-order valence-corrected chi connectivity index (χ0v) is 20.1. The van der Waals surface area contributed by atoms with E-state index < -0.39 is 12.6 Å². The zero-order chi connectivity index (χ0) is 22.0. The molecule has 0 aromatic rings. The Morgan fingerprint density at radius 3 is 2.28 bits per heavy atom. The Hall–Kier alpha value is -1.17. The molecule has 0 fully saturated rings. The van der Waals surface area contributed by atoms with Crippen molar-refractivity contribution in [3.05, 3.63) is 24.5 Å². The van der Waals surface area contributed by atoms with Gasteiger partial charge in [0.05, 0.1) is 19.8 Å². The van der Waals surface area contributed by atoms with Crippen LogP contribution in [-0.2, 0) is 30.4 Å². The summed E-state index contributed by atoms with van der Waals surface area (Å²) in [6, 6.07) is 0. The van der Waals surface area contributed by atoms with Crippen molar-refractivity contribution in [2.24, 2.45) is 10.5 Å². The summed E-state index contributed by atoms with van der Waals surface area (Å²) in [7, 11) is 1.33. The number of nitrogens with zero attached hydrogens (tertiary/aromatic N) is 1. The fraction of sp³-hybridized carbons (Fsp3) is 0.714. The van der Waals surface area contributed by atoms with Crippen molar-refractivity contribution in [1.29, 1.82) is 0 Å². The SMILES string of the molecule is C=CCCOP(=S)(N=C(N)CCCCCC)OC(=CC(=O)OC)CCCCCC. The third-order valence-electron chi connectivity index (χ3n) is 4.10. The molecular weight excluding hydrogens is 407 g/mol. The monoisotopic (exact) mass is 446 g/mol. The molecule has 0 rings (SSSR count). The molecule has 0 heterocycles. The van der Waals surface area contributed by atoms with E-state index in [4.69, 9.17) is 31.3 Å². The molecule has 0 aliphatic heterocycles. The molecule has 0 aromatic carbocycles. The second-order valence-electron chi connectivity index (χ2n) is 6.82. The molecule has 168 valence electrons. The minimum atomic E-state index is -3.07. The van der Waals surface area contributed by atoms with Crippen LogP contribution in [0.5, 0.6) is 0 Å². The third-order valence-corrected chi connectivity index (χ3v) is 6.36. The van der Waals surface area contributed by atoms with Crippen LogP contribution in [0, 0.1) is 0 Å². The van der Waals surface area contributed by atoms with Gasteiger partial charge in [-0.2, -0.15) is 4.76 Å². The first-order chi connectivity index (χ1) is 13.9. The summed E-state index contributed by atoms with van der Waals surface area (Å²) < 4.78 is 21.0. The van der Waals surface area contributed by atoms with Crippen LogP contribution >= 0.6 is 6.64 Å². The molecule has 0 saturated heterocycles. The molecular formula is C21H39N2O4PS. The fourth-order valence-electron chi connectivity index (χ4n) is 2.48. The van der Waals surface area contributed by atoms with Crippen LogP contribution < -0.4 is 5.73 Å². The highest BCUT2D eigenvalue weighted by Crippen LogP contribution is 2.53. The summed E-state index contributed by atoms with van der Waals surface area (Å²) in [5.74, 6) is 0.392. The van der Waals surface area contributed by atoms with Gasteiger partial charge < -0.3 is 19.5 Å². The molecule has 8 heteroatoms. The van der Waals surface area contributed by atoms with E-state index >= 15 is 0 Å². The van der Waals surface area contributed by atoms with Gasteiger partial charge in [-0.3, -0.25) is 0 Å². The van der Waals surface area contributed by atoms with E-state index in [1.165, 1.54) is 13.2 Å². The van der Waals surface area contributed by atoms with Crippen molar-refractivity contribution in [3.63, 3.8) is 0 Å². The van der Waals surface area contributed by atoms with Gasteiger partial charge >= 0.3 is 12.6 Å². The van der Waals surface area contributed by atoms with E-state index in [-0.39, 0.29) is 0 Å². The van der Waals surface area contributed by atoms with Crippen LogP contribution in [0.4, 0.5) is 0 Å². The number of amidine groups is 1. The van der Waals surface area contributed by atoms with E-state index in [1.54, 1.807) is 6.08 Å². The first kappa shape index (κ1) is 27.8. The molecule has 0 bridgehead atoms. The minimum absolute atomic E-state index is 0.342. The predicted molar refractivity (Wildman–Crippen MR) is 125 cm³/mol. The number of carbonyl (C=O) groups excluding carboxylic acids is 1. The van der Waals surface area contributed by atoms with Crippen LogP contribution in [0.3, 0.4) is 0 Å². The molecule has 0 aromatic heterocycles. The van der Waals surface area contributed by atoms with Gasteiger partial charge in [0.2, 0.25) is 0 Å². The summed E-state index contributed by atoms with van der Waals surface area (Å²) >= 11 is 5.63. The number of ether oxygens (including phenoxy) is 1. The van der Waals surface area contributed by atoms with Gasteiger partial charge in [-0.15, -0.1) is 6.58 Å². The summed E-state index contributed by atoms with van der Waals surface area (Å²) in [6.45, 7) is 5.27. The van der Waals surface area contributed by atoms with Crippen molar-refractivity contribution in [2.75, 3.05) is 13.7 Å². The zero-order valence-electron chi connectivity index (χ0n) is 18.4. The molecule has 0 aliphatic carbocycles. The van der Waals surface area contributed by atoms with Gasteiger partial charge in [0.1, 0.15) is 11.6 Å². The average molecular weight is 447 g/mol. The van der Waals surface area contributed by atoms with Crippen molar-refractivity contribution < 1.29 is 18.6 Å². The van der Waals surface area contributed by atoms with Crippen LogP contribution in [-0.4, -0.2) is 25.5 Å². The van der Waals surface area contributed by atoms with Gasteiger partial charge in [0.15, 0.2) is 0 Å². The van der Waals surface area contributed by atoms with E-state index in [9.17, 15) is 4.79 Å². The summed E-state index contributed by atoms with van der Waals surface area (Å²) in [5.41, 5.74) is 6.11. The third kappa shape index (κ3) is 15.3. The minimum Gasteiger partial charge on any atom is -0.466 e. The summed E-state index contributed by atoms with van der Waals surface area (Å²) in [5, 5.41) is 0. The standard InChI is InChI=1S/C21H39N2O4PS/c1-5-8-11-13-15-19(18-21(24)25-4)27-28(29,26-17-10-7-3)23-20(22)16-14-12-9-6-2/h7,18H,3,5-6,8-17H2,1-2,4H3,(H2,22,23,29). The first-order valence-electron chi connectivity index (χ1n) is 10.6. The predicted octanol–water partition coefficient (Wildman–Crippen LogP) is 6.18. The average Bonchev–Trinajstić information content (AvgIpc) is 2.68. The molecule has 0 radical (unpaired) electrons. The largest absolute Gasteiger partial charge is 0.466 e. The molecule has 0 amide bonds. The highest BCUT2D eigenvalue weighted by Gasteiger charge is 2.22. The molecule has 0 saturated carbocycles. The van der Waals surface area contributed by atoms with E-state index in [0.717, 1.165) is 51.4 Å². The Kier molecular flexibility index (Phi) is 17.0. The summed E-state index contributed by atoms with van der Waals surface area (Å²) in [6.07, 6.45) is 13.5. The normalized spacial score (nSPS) is 14.3. The number of hydrogen-bond donors (Lipinski definition) is 1. The lowest BCUT2D eigenvalue weighted by atomic mass is 10.1. The Morgan fingerprint density at radius 2 is 1.72 bits per heavy atom. The van der Waals surface area contributed by atoms with Crippen molar-refractivity contribution in [3.8, 4) is 0 Å². The van der Waals surface area contributed by atoms with E-state index in [1.807, 2.05) is 0 Å². The fourth-order valence-corrected chi connectivity index (χ4v) is 4.64. The van der Waals surface area contributed by atoms with Gasteiger partial charge in [0.25, 0.3) is 0 Å². The smallest absolute Gasteiger partial charge is 0.362 e. The number of carbonyl (C=O) groups is 1. The highest BCUT2D eigenvalue weighted by atomic mass is 32.5. The Bertz CT molecular complexity index is 579. The molecule has 0 spiro atoms. The van der Waals surface area contributed by atoms with Crippen molar-refractivity contribution in [1.82, 2.24) is 0 Å². The molecule has 1 unspecified atom stereocenters. The second-order valence-corrected chi connectivity index (χ2v) is 9.78. The Balaban J connectivity index is 5.31. The maximum Gasteiger partial charge on any atom is 0.362 e. The first-order valence-corrected chi connectivity index (χ1v) is 13.2. The Morgan fingerprint density at radius 1 is 1.10 bits per heavy atom. The van der Waals surface area contributed by atoms with E-state index in [0.29, 0.717) is 37.5 Å². The van der Waals surface area contributed by atoms with Crippen LogP contribution in [0.25, 0.3) is 0 Å². The molecule has 2 N–H and O–H groups in total. The van der Waals surface area contributed by atoms with Crippen molar-refractivity contribution >= 4 is 30.3 Å². The van der Waals surface area contributed by atoms with Crippen LogP contribution in [0.2, 0.25) is 0 Å². The molecule has 6 nitrogen and oxygen atoms in total. The molecule has 1 atom stereocenters. The second kappa shape index (κ2) is 17.7. The number of methoxy groups -OCH3 is 1. The van der Waals surface area contributed by atoms with Crippen LogP contribution in [0.15, 0.2) is 29.3 Å². The van der Waals surface area contributed by atoms with Crippen molar-refractivity contribution in [2.45, 2.75) is 84.5 Å². The topological polar surface area (TPSA) is 83.1 Å². The number of hydrogen-bond acceptors (Lipinski definition) is 5. The van der Waals surface area contributed by atoms with Gasteiger partial charge in [0, 0.05) is 24.6 Å². The quantitative estimate of drug-likeness (QED) is 0.0396. The molecule has 0 aliphatic rings. The van der Waals surface area contributed by atoms with Gasteiger partial charge in [-0.05, 0) is 19.3 Å². The van der Waals surface area contributed by atoms with Gasteiger partial charge in [-0.25, -0.2) is 4.79 Å². The number of esters is 1. The maximum absolute atomic E-state index is 11.8. The summed E-state index contributed by atoms with van der Waals surface area (Å²) in [4.78, 5) is 11.8. The highest BCUT2D eigenvalue weighted by molar-refractivity contribution is 8.09. The van der Waals surface area contributed by atoms with Gasteiger partial charge in [-0.1, -0.05) is 58.4 Å². The number of unbranched alkanes of at least 4 members (excludes halogenated alkanes) is 6. The maximum atomic E-state index is 11.8.